The van der Waals surface area contributed by atoms with Crippen LogP contribution in [0.4, 0.5) is 0 Å². The third-order valence-corrected chi connectivity index (χ3v) is 7.12. The maximum Gasteiger partial charge on any atom is 0.344 e. The van der Waals surface area contributed by atoms with Gasteiger partial charge in [-0.05, 0) is 52.4 Å². The zero-order valence-corrected chi connectivity index (χ0v) is 17.4. The van der Waals surface area contributed by atoms with Crippen molar-refractivity contribution < 1.29 is 38.1 Å². The minimum Gasteiger partial charge on any atom is -0.459 e. The predicted molar refractivity (Wildman–Crippen MR) is 102 cm³/mol. The van der Waals surface area contributed by atoms with Gasteiger partial charge in [0.25, 0.3) is 0 Å². The summed E-state index contributed by atoms with van der Waals surface area (Å²) in [6.07, 6.45) is 4.24. The topological polar surface area (TPSA) is 105 Å². The van der Waals surface area contributed by atoms with Crippen molar-refractivity contribution in [3.05, 3.63) is 12.2 Å². The van der Waals surface area contributed by atoms with E-state index in [-0.39, 0.29) is 23.8 Å². The Hall–Kier alpha value is -2.38. The highest BCUT2D eigenvalue weighted by Gasteiger charge is 2.75. The van der Waals surface area contributed by atoms with E-state index in [0.717, 1.165) is 32.1 Å². The first-order chi connectivity index (χ1) is 14.2. The molecule has 4 aliphatic rings. The fourth-order valence-corrected chi connectivity index (χ4v) is 5.58. The maximum atomic E-state index is 13.2. The first-order valence-corrected chi connectivity index (χ1v) is 10.6. The van der Waals surface area contributed by atoms with Crippen molar-refractivity contribution in [1.82, 2.24) is 0 Å². The lowest BCUT2D eigenvalue weighted by Crippen LogP contribution is -2.48. The lowest BCUT2D eigenvalue weighted by Gasteiger charge is -2.37. The molecule has 8 nitrogen and oxygen atoms in total. The Bertz CT molecular complexity index is 795. The van der Waals surface area contributed by atoms with E-state index < -0.39 is 53.7 Å². The number of esters is 4. The molecule has 2 bridgehead atoms. The smallest absolute Gasteiger partial charge is 0.344 e. The number of carbonyl (C=O) groups excluding carboxylic acids is 4. The normalized spacial score (nSPS) is 35.5. The molecule has 4 fully saturated rings. The molecule has 5 unspecified atom stereocenters. The van der Waals surface area contributed by atoms with E-state index in [1.165, 1.54) is 6.92 Å². The molecule has 0 spiro atoms. The molecule has 1 saturated heterocycles. The highest BCUT2D eigenvalue weighted by atomic mass is 16.6. The van der Waals surface area contributed by atoms with E-state index in [9.17, 15) is 19.2 Å². The summed E-state index contributed by atoms with van der Waals surface area (Å²) in [6.45, 7) is 6.33. The third-order valence-electron chi connectivity index (χ3n) is 7.12. The lowest BCUT2D eigenvalue weighted by molar-refractivity contribution is -0.179. The fraction of sp³-hybridized carbons (Fsp3) is 0.727. The zero-order chi connectivity index (χ0) is 21.7. The van der Waals surface area contributed by atoms with Crippen LogP contribution in [-0.2, 0) is 38.1 Å². The van der Waals surface area contributed by atoms with Gasteiger partial charge in [-0.1, -0.05) is 13.0 Å². The summed E-state index contributed by atoms with van der Waals surface area (Å²) in [5.41, 5.74) is -1.64. The Balaban J connectivity index is 1.41. The molecule has 0 radical (unpaired) electrons. The Kier molecular flexibility index (Phi) is 5.14. The summed E-state index contributed by atoms with van der Waals surface area (Å²) in [7, 11) is 0. The summed E-state index contributed by atoms with van der Waals surface area (Å²) in [6, 6.07) is 0. The van der Waals surface area contributed by atoms with Gasteiger partial charge in [0.15, 0.2) is 12.0 Å². The SMILES string of the molecule is C=C(C)C(=O)OCC(=O)OC1C2CC3C1OC(=O)C3(C(=O)OC1(C)CCCCC1)C2. The molecule has 0 amide bonds. The van der Waals surface area contributed by atoms with Gasteiger partial charge in [-0.15, -0.1) is 0 Å². The molecule has 1 heterocycles. The van der Waals surface area contributed by atoms with E-state index in [2.05, 4.69) is 6.58 Å². The minimum absolute atomic E-state index is 0.168. The van der Waals surface area contributed by atoms with Crippen LogP contribution in [0.2, 0.25) is 0 Å². The molecule has 3 saturated carbocycles. The second kappa shape index (κ2) is 7.39. The third kappa shape index (κ3) is 3.30. The number of carbonyl (C=O) groups is 4. The Morgan fingerprint density at radius 1 is 1.20 bits per heavy atom. The van der Waals surface area contributed by atoms with Crippen LogP contribution in [0.15, 0.2) is 12.2 Å². The van der Waals surface area contributed by atoms with Crippen LogP contribution >= 0.6 is 0 Å². The van der Waals surface area contributed by atoms with Gasteiger partial charge < -0.3 is 18.9 Å². The van der Waals surface area contributed by atoms with Crippen molar-refractivity contribution in [3.63, 3.8) is 0 Å². The average Bonchev–Trinajstić information content (AvgIpc) is 3.29. The van der Waals surface area contributed by atoms with Gasteiger partial charge in [-0.3, -0.25) is 9.59 Å². The molecular formula is C22H28O8. The number of ether oxygens (including phenoxy) is 4. The minimum atomic E-state index is -1.29. The standard InChI is InChI=1S/C22H28O8/c1-12(2)18(24)27-11-15(23)28-16-13-9-14-17(16)29-19(25)22(14,10-13)20(26)30-21(3)7-5-4-6-8-21/h13-14,16-17H,1,4-11H2,2-3H3. The van der Waals surface area contributed by atoms with Gasteiger partial charge in [0.05, 0.1) is 0 Å². The predicted octanol–water partition coefficient (Wildman–Crippen LogP) is 2.24. The van der Waals surface area contributed by atoms with E-state index >= 15 is 0 Å². The van der Waals surface area contributed by atoms with Crippen LogP contribution < -0.4 is 0 Å². The molecule has 164 valence electrons. The Labute approximate surface area is 175 Å². The zero-order valence-electron chi connectivity index (χ0n) is 17.4. The summed E-state index contributed by atoms with van der Waals surface area (Å²) in [5.74, 6) is -2.98. The van der Waals surface area contributed by atoms with Gasteiger partial charge in [-0.2, -0.15) is 0 Å². The van der Waals surface area contributed by atoms with Crippen molar-refractivity contribution >= 4 is 23.9 Å². The average molecular weight is 420 g/mol. The number of rotatable bonds is 6. The molecule has 8 heteroatoms. The summed E-state index contributed by atoms with van der Waals surface area (Å²) in [5, 5.41) is 0. The van der Waals surface area contributed by atoms with Crippen LogP contribution in [0, 0.1) is 17.3 Å². The summed E-state index contributed by atoms with van der Waals surface area (Å²) >= 11 is 0. The molecule has 0 aromatic carbocycles. The van der Waals surface area contributed by atoms with Crippen LogP contribution in [0.25, 0.3) is 0 Å². The molecule has 30 heavy (non-hydrogen) atoms. The van der Waals surface area contributed by atoms with Crippen LogP contribution in [0.1, 0.15) is 58.8 Å². The quantitative estimate of drug-likeness (QED) is 0.279. The Morgan fingerprint density at radius 3 is 2.57 bits per heavy atom. The monoisotopic (exact) mass is 420 g/mol. The van der Waals surface area contributed by atoms with Crippen molar-refractivity contribution in [2.75, 3.05) is 6.61 Å². The van der Waals surface area contributed by atoms with Crippen molar-refractivity contribution in [1.29, 1.82) is 0 Å². The highest BCUT2D eigenvalue weighted by Crippen LogP contribution is 2.63. The van der Waals surface area contributed by atoms with Gasteiger partial charge in [0, 0.05) is 17.4 Å². The van der Waals surface area contributed by atoms with E-state index in [4.69, 9.17) is 18.9 Å². The second-order valence-electron chi connectivity index (χ2n) is 9.36. The molecular weight excluding hydrogens is 392 g/mol. The van der Waals surface area contributed by atoms with Crippen LogP contribution in [0.5, 0.6) is 0 Å². The molecule has 5 atom stereocenters. The van der Waals surface area contributed by atoms with Gasteiger partial charge in [-0.25, -0.2) is 9.59 Å². The van der Waals surface area contributed by atoms with E-state index in [1.807, 2.05) is 6.92 Å². The second-order valence-corrected chi connectivity index (χ2v) is 9.36. The Morgan fingerprint density at radius 2 is 1.90 bits per heavy atom. The van der Waals surface area contributed by atoms with E-state index in [0.29, 0.717) is 6.42 Å². The van der Waals surface area contributed by atoms with Crippen LogP contribution in [0.3, 0.4) is 0 Å². The van der Waals surface area contributed by atoms with Gasteiger partial charge in [0.1, 0.15) is 17.8 Å². The first-order valence-electron chi connectivity index (χ1n) is 10.6. The molecule has 1 aliphatic heterocycles. The van der Waals surface area contributed by atoms with Crippen molar-refractivity contribution in [2.24, 2.45) is 17.3 Å². The number of hydrogen-bond donors (Lipinski definition) is 0. The van der Waals surface area contributed by atoms with Crippen LogP contribution in [-0.4, -0.2) is 48.3 Å². The lowest BCUT2D eigenvalue weighted by atomic mass is 9.73. The number of hydrogen-bond acceptors (Lipinski definition) is 8. The molecule has 4 rings (SSSR count). The summed E-state index contributed by atoms with van der Waals surface area (Å²) < 4.78 is 21.7. The maximum absolute atomic E-state index is 13.2. The molecule has 0 N–H and O–H groups in total. The van der Waals surface area contributed by atoms with E-state index in [1.54, 1.807) is 0 Å². The van der Waals surface area contributed by atoms with Crippen molar-refractivity contribution in [3.8, 4) is 0 Å². The molecule has 0 aromatic rings. The highest BCUT2D eigenvalue weighted by molar-refractivity contribution is 6.03. The summed E-state index contributed by atoms with van der Waals surface area (Å²) in [4.78, 5) is 49.5. The van der Waals surface area contributed by atoms with Gasteiger partial charge in [0.2, 0.25) is 0 Å². The fourth-order valence-electron chi connectivity index (χ4n) is 5.58. The van der Waals surface area contributed by atoms with Gasteiger partial charge >= 0.3 is 23.9 Å². The molecule has 0 aromatic heterocycles. The largest absolute Gasteiger partial charge is 0.459 e. The van der Waals surface area contributed by atoms with Crippen molar-refractivity contribution in [2.45, 2.75) is 76.6 Å². The number of fused-ring (bicyclic) bond motifs is 1. The molecule has 3 aliphatic carbocycles. The first kappa shape index (κ1) is 20.9.